The summed E-state index contributed by atoms with van der Waals surface area (Å²) in [5.74, 6) is 0.936. The number of aromatic nitrogens is 3. The van der Waals surface area contributed by atoms with Crippen LogP contribution in [-0.2, 0) is 6.54 Å². The monoisotopic (exact) mass is 342 g/mol. The molecule has 0 aliphatic rings. The summed E-state index contributed by atoms with van der Waals surface area (Å²) < 4.78 is 0. The maximum Gasteiger partial charge on any atom is 0.204 e. The molecule has 0 saturated heterocycles. The highest BCUT2D eigenvalue weighted by molar-refractivity contribution is 5.77. The first-order valence-corrected chi connectivity index (χ1v) is 9.02. The summed E-state index contributed by atoms with van der Waals surface area (Å²) in [6.45, 7) is 4.00. The Labute approximate surface area is 153 Å². The second-order valence-corrected chi connectivity index (χ2v) is 6.43. The minimum absolute atomic E-state index is 0.838. The van der Waals surface area contributed by atoms with Crippen molar-refractivity contribution < 1.29 is 0 Å². The molecule has 0 bridgehead atoms. The second-order valence-electron chi connectivity index (χ2n) is 6.43. The van der Waals surface area contributed by atoms with Crippen molar-refractivity contribution >= 4 is 17.0 Å². The third-order valence-electron chi connectivity index (χ3n) is 4.51. The van der Waals surface area contributed by atoms with Gasteiger partial charge in [-0.05, 0) is 47.4 Å². The molecule has 2 aromatic carbocycles. The van der Waals surface area contributed by atoms with Gasteiger partial charge in [-0.2, -0.15) is 0 Å². The Hall–Kier alpha value is -3.14. The van der Waals surface area contributed by atoms with E-state index in [1.54, 1.807) is 0 Å². The predicted molar refractivity (Wildman–Crippen MR) is 107 cm³/mol. The number of fused-ring (bicyclic) bond motifs is 1. The van der Waals surface area contributed by atoms with Crippen molar-refractivity contribution in [3.63, 3.8) is 0 Å². The Bertz CT molecular complexity index is 941. The molecule has 0 spiro atoms. The number of hydrogen-bond donors (Lipinski definition) is 1. The van der Waals surface area contributed by atoms with Crippen LogP contribution in [-0.4, -0.2) is 21.5 Å². The van der Waals surface area contributed by atoms with Crippen molar-refractivity contribution in [3.8, 4) is 11.1 Å². The minimum Gasteiger partial charge on any atom is -0.338 e. The van der Waals surface area contributed by atoms with E-state index < -0.39 is 0 Å². The lowest BCUT2D eigenvalue weighted by Gasteiger charge is -2.21. The Kier molecular flexibility index (Phi) is 4.65. The summed E-state index contributed by atoms with van der Waals surface area (Å²) in [5, 5.41) is 0. The van der Waals surface area contributed by atoms with Gasteiger partial charge in [-0.25, -0.2) is 4.98 Å². The van der Waals surface area contributed by atoms with E-state index in [1.807, 2.05) is 42.7 Å². The number of rotatable bonds is 6. The van der Waals surface area contributed by atoms with Crippen LogP contribution in [0.5, 0.6) is 0 Å². The number of nitrogens with one attached hydrogen (secondary N) is 1. The quantitative estimate of drug-likeness (QED) is 0.534. The summed E-state index contributed by atoms with van der Waals surface area (Å²) in [6, 6.07) is 21.0. The number of anilines is 1. The van der Waals surface area contributed by atoms with Gasteiger partial charge in [-0.15, -0.1) is 0 Å². The third-order valence-corrected chi connectivity index (χ3v) is 4.51. The lowest BCUT2D eigenvalue weighted by atomic mass is 10.1. The van der Waals surface area contributed by atoms with Crippen molar-refractivity contribution in [1.82, 2.24) is 15.0 Å². The molecule has 4 rings (SSSR count). The van der Waals surface area contributed by atoms with Gasteiger partial charge in [0.2, 0.25) is 5.95 Å². The molecular weight excluding hydrogens is 320 g/mol. The van der Waals surface area contributed by atoms with E-state index in [-0.39, 0.29) is 0 Å². The topological polar surface area (TPSA) is 44.8 Å². The first kappa shape index (κ1) is 16.3. The van der Waals surface area contributed by atoms with Gasteiger partial charge in [0.1, 0.15) is 0 Å². The predicted octanol–water partition coefficient (Wildman–Crippen LogP) is 5.04. The number of para-hydroxylation sites is 2. The van der Waals surface area contributed by atoms with Crippen LogP contribution in [0.4, 0.5) is 5.95 Å². The molecule has 0 unspecified atom stereocenters. The van der Waals surface area contributed by atoms with Crippen LogP contribution in [0.25, 0.3) is 22.2 Å². The number of pyridine rings is 1. The molecule has 0 amide bonds. The largest absolute Gasteiger partial charge is 0.338 e. The van der Waals surface area contributed by atoms with Crippen LogP contribution in [0.3, 0.4) is 0 Å². The molecule has 26 heavy (non-hydrogen) atoms. The zero-order chi connectivity index (χ0) is 17.8. The van der Waals surface area contributed by atoms with Crippen LogP contribution >= 0.6 is 0 Å². The number of benzene rings is 2. The molecule has 4 heteroatoms. The average Bonchev–Trinajstić information content (AvgIpc) is 3.13. The van der Waals surface area contributed by atoms with Crippen molar-refractivity contribution in [1.29, 1.82) is 0 Å². The Morgan fingerprint density at radius 1 is 0.885 bits per heavy atom. The molecule has 0 fully saturated rings. The van der Waals surface area contributed by atoms with Gasteiger partial charge in [0.25, 0.3) is 0 Å². The van der Waals surface area contributed by atoms with E-state index in [2.05, 4.69) is 52.1 Å². The van der Waals surface area contributed by atoms with Crippen molar-refractivity contribution in [2.75, 3.05) is 11.4 Å². The van der Waals surface area contributed by atoms with Gasteiger partial charge >= 0.3 is 0 Å². The molecule has 0 radical (unpaired) electrons. The summed E-state index contributed by atoms with van der Waals surface area (Å²) in [7, 11) is 0. The molecule has 4 aromatic rings. The summed E-state index contributed by atoms with van der Waals surface area (Å²) in [5.41, 5.74) is 5.76. The van der Waals surface area contributed by atoms with Gasteiger partial charge in [0.05, 0.1) is 11.0 Å². The second kappa shape index (κ2) is 7.40. The van der Waals surface area contributed by atoms with E-state index in [4.69, 9.17) is 4.98 Å². The highest BCUT2D eigenvalue weighted by atomic mass is 15.3. The summed E-state index contributed by atoms with van der Waals surface area (Å²) in [4.78, 5) is 14.6. The van der Waals surface area contributed by atoms with E-state index >= 15 is 0 Å². The Balaban J connectivity index is 1.56. The molecule has 2 aromatic heterocycles. The van der Waals surface area contributed by atoms with E-state index in [9.17, 15) is 0 Å². The third kappa shape index (κ3) is 3.45. The number of H-pyrrole nitrogens is 1. The zero-order valence-corrected chi connectivity index (χ0v) is 14.9. The fraction of sp³-hybridized carbons (Fsp3) is 0.182. The van der Waals surface area contributed by atoms with E-state index in [0.29, 0.717) is 0 Å². The van der Waals surface area contributed by atoms with Crippen molar-refractivity contribution in [2.24, 2.45) is 0 Å². The maximum atomic E-state index is 4.76. The lowest BCUT2D eigenvalue weighted by Crippen LogP contribution is -2.24. The number of aromatic amines is 1. The summed E-state index contributed by atoms with van der Waals surface area (Å²) >= 11 is 0. The molecule has 0 saturated carbocycles. The minimum atomic E-state index is 0.838. The van der Waals surface area contributed by atoms with Crippen LogP contribution in [0.1, 0.15) is 18.9 Å². The van der Waals surface area contributed by atoms with E-state index in [0.717, 1.165) is 36.5 Å². The van der Waals surface area contributed by atoms with Gasteiger partial charge in [-0.3, -0.25) is 4.98 Å². The van der Waals surface area contributed by atoms with Gasteiger partial charge < -0.3 is 9.88 Å². The first-order chi connectivity index (χ1) is 12.8. The van der Waals surface area contributed by atoms with Gasteiger partial charge in [-0.1, -0.05) is 43.3 Å². The lowest BCUT2D eigenvalue weighted by molar-refractivity contribution is 0.747. The van der Waals surface area contributed by atoms with Crippen LogP contribution in [0.15, 0.2) is 73.1 Å². The summed E-state index contributed by atoms with van der Waals surface area (Å²) in [6.07, 6.45) is 4.73. The highest BCUT2D eigenvalue weighted by Gasteiger charge is 2.11. The molecule has 4 nitrogen and oxygen atoms in total. The molecule has 0 aliphatic carbocycles. The smallest absolute Gasteiger partial charge is 0.204 e. The average molecular weight is 342 g/mol. The van der Waals surface area contributed by atoms with Crippen LogP contribution < -0.4 is 4.90 Å². The zero-order valence-electron chi connectivity index (χ0n) is 14.9. The molecule has 2 heterocycles. The maximum absolute atomic E-state index is 4.76. The number of nitrogens with zero attached hydrogens (tertiary/aromatic N) is 3. The van der Waals surface area contributed by atoms with Crippen LogP contribution in [0.2, 0.25) is 0 Å². The van der Waals surface area contributed by atoms with Crippen LogP contribution in [0, 0.1) is 0 Å². The Morgan fingerprint density at radius 3 is 2.35 bits per heavy atom. The normalized spacial score (nSPS) is 11.0. The first-order valence-electron chi connectivity index (χ1n) is 9.02. The fourth-order valence-electron chi connectivity index (χ4n) is 3.19. The molecule has 1 N–H and O–H groups in total. The van der Waals surface area contributed by atoms with E-state index in [1.165, 1.54) is 16.7 Å². The molecular formula is C22H22N4. The molecule has 130 valence electrons. The number of imidazole rings is 1. The standard InChI is InChI=1S/C22H22N4/c1-2-15-26(22-24-20-5-3-4-6-21(20)25-22)16-17-7-9-18(10-8-17)19-11-13-23-14-12-19/h3-14H,2,15-16H2,1H3,(H,24,25). The van der Waals surface area contributed by atoms with Gasteiger partial charge in [0.15, 0.2) is 0 Å². The SMILES string of the molecule is CCCN(Cc1ccc(-c2ccncc2)cc1)c1nc2ccccc2[nH]1. The van der Waals surface area contributed by atoms with Gasteiger partial charge in [0, 0.05) is 25.5 Å². The molecule has 0 aliphatic heterocycles. The number of hydrogen-bond acceptors (Lipinski definition) is 3. The highest BCUT2D eigenvalue weighted by Crippen LogP contribution is 2.22. The van der Waals surface area contributed by atoms with Crippen molar-refractivity contribution in [3.05, 3.63) is 78.6 Å². The van der Waals surface area contributed by atoms with Crippen molar-refractivity contribution in [2.45, 2.75) is 19.9 Å². The fourth-order valence-corrected chi connectivity index (χ4v) is 3.19. The Morgan fingerprint density at radius 2 is 1.62 bits per heavy atom. The molecule has 0 atom stereocenters.